The fourth-order valence-electron chi connectivity index (χ4n) is 2.00. The van der Waals surface area contributed by atoms with Crippen molar-refractivity contribution in [2.24, 2.45) is 0 Å². The highest BCUT2D eigenvalue weighted by atomic mass is 16.5. The first-order valence-electron chi connectivity index (χ1n) is 7.43. The average molecular weight is 280 g/mol. The number of likely N-dealkylation sites (N-methyl/N-ethyl adjacent to an activating group) is 1. The van der Waals surface area contributed by atoms with Crippen LogP contribution in [0.1, 0.15) is 19.4 Å². The molecule has 0 unspecified atom stereocenters. The first-order valence-corrected chi connectivity index (χ1v) is 7.43. The molecule has 4 heteroatoms. The lowest BCUT2D eigenvalue weighted by atomic mass is 10.2. The van der Waals surface area contributed by atoms with Gasteiger partial charge in [-0.1, -0.05) is 26.0 Å². The van der Waals surface area contributed by atoms with E-state index in [0.717, 1.165) is 50.6 Å². The fourth-order valence-corrected chi connectivity index (χ4v) is 2.00. The van der Waals surface area contributed by atoms with Crippen molar-refractivity contribution in [2.75, 3.05) is 46.4 Å². The maximum absolute atomic E-state index is 5.65. The highest BCUT2D eigenvalue weighted by Gasteiger charge is 1.98. The van der Waals surface area contributed by atoms with Crippen LogP contribution in [-0.2, 0) is 11.3 Å². The van der Waals surface area contributed by atoms with Crippen LogP contribution in [0.25, 0.3) is 0 Å². The van der Waals surface area contributed by atoms with Gasteiger partial charge in [-0.2, -0.15) is 0 Å². The number of nitrogens with zero attached hydrogens (tertiary/aromatic N) is 1. The van der Waals surface area contributed by atoms with Crippen LogP contribution in [0.3, 0.4) is 0 Å². The van der Waals surface area contributed by atoms with E-state index < -0.39 is 0 Å². The van der Waals surface area contributed by atoms with E-state index in [-0.39, 0.29) is 0 Å². The van der Waals surface area contributed by atoms with E-state index in [1.54, 1.807) is 7.11 Å². The Hall–Kier alpha value is -1.10. The first-order chi connectivity index (χ1) is 9.80. The second kappa shape index (κ2) is 10.7. The summed E-state index contributed by atoms with van der Waals surface area (Å²) in [5, 5.41) is 3.40. The van der Waals surface area contributed by atoms with Crippen LogP contribution in [0.5, 0.6) is 5.75 Å². The van der Waals surface area contributed by atoms with Crippen LogP contribution in [0.2, 0.25) is 0 Å². The van der Waals surface area contributed by atoms with Crippen molar-refractivity contribution in [2.45, 2.75) is 20.5 Å². The molecule has 0 radical (unpaired) electrons. The summed E-state index contributed by atoms with van der Waals surface area (Å²) in [4.78, 5) is 2.41. The lowest BCUT2D eigenvalue weighted by molar-refractivity contribution is 0.122. The Kier molecular flexibility index (Phi) is 9.04. The van der Waals surface area contributed by atoms with Gasteiger partial charge in [0.25, 0.3) is 0 Å². The number of hydrogen-bond acceptors (Lipinski definition) is 4. The third-order valence-electron chi connectivity index (χ3n) is 3.33. The number of ether oxygens (including phenoxy) is 2. The van der Waals surface area contributed by atoms with Gasteiger partial charge < -0.3 is 19.7 Å². The van der Waals surface area contributed by atoms with Gasteiger partial charge in [0.2, 0.25) is 0 Å². The van der Waals surface area contributed by atoms with Crippen molar-refractivity contribution in [1.82, 2.24) is 10.2 Å². The van der Waals surface area contributed by atoms with E-state index in [4.69, 9.17) is 9.47 Å². The Balaban J connectivity index is 2.04. The monoisotopic (exact) mass is 280 g/mol. The minimum absolute atomic E-state index is 0.634. The predicted molar refractivity (Wildman–Crippen MR) is 83.3 cm³/mol. The minimum Gasteiger partial charge on any atom is -0.497 e. The molecule has 0 aliphatic heterocycles. The Morgan fingerprint density at radius 1 is 1.15 bits per heavy atom. The molecule has 1 aromatic carbocycles. The van der Waals surface area contributed by atoms with E-state index in [1.165, 1.54) is 0 Å². The molecular formula is C16H28N2O2. The molecule has 0 amide bonds. The molecule has 0 heterocycles. The fraction of sp³-hybridized carbons (Fsp3) is 0.625. The van der Waals surface area contributed by atoms with Crippen molar-refractivity contribution in [3.05, 3.63) is 29.8 Å². The number of rotatable bonds is 11. The Labute approximate surface area is 123 Å². The number of methoxy groups -OCH3 is 1. The van der Waals surface area contributed by atoms with Crippen LogP contribution in [0, 0.1) is 0 Å². The second-order valence-corrected chi connectivity index (χ2v) is 4.68. The molecule has 0 bridgehead atoms. The standard InChI is InChI=1S/C16H28N2O2/c1-4-18(5-2)11-9-17-10-12-20-14-15-7-6-8-16(13-15)19-3/h6-8,13,17H,4-5,9-12,14H2,1-3H3. The van der Waals surface area contributed by atoms with Crippen LogP contribution in [0.4, 0.5) is 0 Å². The molecule has 0 spiro atoms. The van der Waals surface area contributed by atoms with E-state index in [0.29, 0.717) is 6.61 Å². The molecule has 114 valence electrons. The van der Waals surface area contributed by atoms with E-state index in [9.17, 15) is 0 Å². The Morgan fingerprint density at radius 2 is 1.95 bits per heavy atom. The van der Waals surface area contributed by atoms with Gasteiger partial charge in [0.1, 0.15) is 5.75 Å². The second-order valence-electron chi connectivity index (χ2n) is 4.68. The van der Waals surface area contributed by atoms with Crippen molar-refractivity contribution < 1.29 is 9.47 Å². The van der Waals surface area contributed by atoms with Gasteiger partial charge in [0, 0.05) is 19.6 Å². The number of benzene rings is 1. The number of hydrogen-bond donors (Lipinski definition) is 1. The molecule has 20 heavy (non-hydrogen) atoms. The minimum atomic E-state index is 0.634. The summed E-state index contributed by atoms with van der Waals surface area (Å²) >= 11 is 0. The molecule has 0 atom stereocenters. The van der Waals surface area contributed by atoms with Gasteiger partial charge in [-0.3, -0.25) is 0 Å². The van der Waals surface area contributed by atoms with Crippen LogP contribution < -0.4 is 10.1 Å². The normalized spacial score (nSPS) is 11.0. The third kappa shape index (κ3) is 6.89. The largest absolute Gasteiger partial charge is 0.497 e. The highest BCUT2D eigenvalue weighted by molar-refractivity contribution is 5.27. The molecule has 0 saturated heterocycles. The molecule has 1 rings (SSSR count). The Bertz CT molecular complexity index is 354. The molecular weight excluding hydrogens is 252 g/mol. The molecule has 0 saturated carbocycles. The predicted octanol–water partition coefficient (Wildman–Crippen LogP) is 2.14. The zero-order valence-corrected chi connectivity index (χ0v) is 13.0. The van der Waals surface area contributed by atoms with Gasteiger partial charge in [0.15, 0.2) is 0 Å². The molecule has 0 aliphatic carbocycles. The van der Waals surface area contributed by atoms with Crippen molar-refractivity contribution in [1.29, 1.82) is 0 Å². The van der Waals surface area contributed by atoms with E-state index >= 15 is 0 Å². The zero-order chi connectivity index (χ0) is 14.6. The lowest BCUT2D eigenvalue weighted by Gasteiger charge is -2.17. The van der Waals surface area contributed by atoms with Gasteiger partial charge >= 0.3 is 0 Å². The molecule has 0 aromatic heterocycles. The first kappa shape index (κ1) is 17.0. The molecule has 4 nitrogen and oxygen atoms in total. The van der Waals surface area contributed by atoms with E-state index in [1.807, 2.05) is 18.2 Å². The van der Waals surface area contributed by atoms with Crippen LogP contribution in [-0.4, -0.2) is 51.3 Å². The molecule has 1 aromatic rings. The molecule has 1 N–H and O–H groups in total. The molecule has 0 aliphatic rings. The van der Waals surface area contributed by atoms with Crippen molar-refractivity contribution >= 4 is 0 Å². The summed E-state index contributed by atoms with van der Waals surface area (Å²) in [6.45, 7) is 11.0. The Morgan fingerprint density at radius 3 is 2.65 bits per heavy atom. The summed E-state index contributed by atoms with van der Waals surface area (Å²) in [6, 6.07) is 7.99. The maximum Gasteiger partial charge on any atom is 0.119 e. The van der Waals surface area contributed by atoms with Gasteiger partial charge in [-0.05, 0) is 30.8 Å². The smallest absolute Gasteiger partial charge is 0.119 e. The van der Waals surface area contributed by atoms with E-state index in [2.05, 4.69) is 30.1 Å². The highest BCUT2D eigenvalue weighted by Crippen LogP contribution is 2.12. The topological polar surface area (TPSA) is 33.7 Å². The molecule has 0 fully saturated rings. The SMILES string of the molecule is CCN(CC)CCNCCOCc1cccc(OC)c1. The van der Waals surface area contributed by atoms with Crippen molar-refractivity contribution in [3.8, 4) is 5.75 Å². The van der Waals surface area contributed by atoms with Gasteiger partial charge in [-0.25, -0.2) is 0 Å². The average Bonchev–Trinajstić information content (AvgIpc) is 2.50. The van der Waals surface area contributed by atoms with Gasteiger partial charge in [-0.15, -0.1) is 0 Å². The van der Waals surface area contributed by atoms with Gasteiger partial charge in [0.05, 0.1) is 20.3 Å². The summed E-state index contributed by atoms with van der Waals surface area (Å²) in [7, 11) is 1.68. The van der Waals surface area contributed by atoms with Crippen molar-refractivity contribution in [3.63, 3.8) is 0 Å². The quantitative estimate of drug-likeness (QED) is 0.630. The zero-order valence-electron chi connectivity index (χ0n) is 13.0. The summed E-state index contributed by atoms with van der Waals surface area (Å²) in [5.41, 5.74) is 1.15. The summed E-state index contributed by atoms with van der Waals surface area (Å²) < 4.78 is 10.8. The van der Waals surface area contributed by atoms with Crippen LogP contribution >= 0.6 is 0 Å². The lowest BCUT2D eigenvalue weighted by Crippen LogP contribution is -2.33. The summed E-state index contributed by atoms with van der Waals surface area (Å²) in [6.07, 6.45) is 0. The summed E-state index contributed by atoms with van der Waals surface area (Å²) in [5.74, 6) is 0.878. The van der Waals surface area contributed by atoms with Crippen LogP contribution in [0.15, 0.2) is 24.3 Å². The number of nitrogens with one attached hydrogen (secondary N) is 1. The third-order valence-corrected chi connectivity index (χ3v) is 3.33. The maximum atomic E-state index is 5.65.